The van der Waals surface area contributed by atoms with Crippen LogP contribution in [0.5, 0.6) is 0 Å². The molecule has 1 fully saturated rings. The average Bonchev–Trinajstić information content (AvgIpc) is 3.72. The minimum absolute atomic E-state index is 0.329. The van der Waals surface area contributed by atoms with Gasteiger partial charge in [-0.05, 0) is 36.6 Å². The van der Waals surface area contributed by atoms with E-state index in [2.05, 4.69) is 40.9 Å². The number of nitrogens with zero attached hydrogens (tertiary/aromatic N) is 1. The standard InChI is InChI=1S/C23H27N5O.C2H6.C2H2/c1-26-21-6-2-5-18(23(21)28-13-4-14-29)17-9-10-20(27-12-3-11-24)19(15-17)22(25)16-7-8-16;2*1-2/h2,5-6,9-10,14-16,25-28H,3-4,7-8,12-13H2,1H3;1-2H3;1-2H. The van der Waals surface area contributed by atoms with E-state index in [1.165, 1.54) is 0 Å². The van der Waals surface area contributed by atoms with Gasteiger partial charge in [0.25, 0.3) is 0 Å². The molecule has 0 unspecified atom stereocenters. The van der Waals surface area contributed by atoms with Crippen molar-refractivity contribution in [3.8, 4) is 30.0 Å². The third-order valence-corrected chi connectivity index (χ3v) is 5.06. The minimum Gasteiger partial charge on any atom is -0.386 e. The van der Waals surface area contributed by atoms with Crippen LogP contribution in [-0.4, -0.2) is 32.1 Å². The molecule has 0 heterocycles. The molecule has 6 nitrogen and oxygen atoms in total. The summed E-state index contributed by atoms with van der Waals surface area (Å²) in [6.07, 6.45) is 11.9. The van der Waals surface area contributed by atoms with Gasteiger partial charge in [-0.1, -0.05) is 32.0 Å². The topological polar surface area (TPSA) is 101 Å². The number of terminal acetylenes is 1. The molecule has 0 aromatic heterocycles. The van der Waals surface area contributed by atoms with E-state index in [0.29, 0.717) is 37.6 Å². The number of para-hydroxylation sites is 1. The van der Waals surface area contributed by atoms with Crippen molar-refractivity contribution in [2.75, 3.05) is 36.1 Å². The van der Waals surface area contributed by atoms with Gasteiger partial charge in [0.15, 0.2) is 0 Å². The summed E-state index contributed by atoms with van der Waals surface area (Å²) >= 11 is 0. The molecule has 0 spiro atoms. The zero-order chi connectivity index (χ0) is 24.6. The molecule has 1 saturated carbocycles. The van der Waals surface area contributed by atoms with Crippen LogP contribution < -0.4 is 16.0 Å². The Labute approximate surface area is 198 Å². The third-order valence-electron chi connectivity index (χ3n) is 5.06. The fourth-order valence-corrected chi connectivity index (χ4v) is 3.38. The molecule has 0 saturated heterocycles. The molecule has 0 atom stereocenters. The van der Waals surface area contributed by atoms with Crippen molar-refractivity contribution in [3.63, 3.8) is 0 Å². The smallest absolute Gasteiger partial charge is 0.121 e. The molecule has 3 rings (SSSR count). The number of hydrogen-bond donors (Lipinski definition) is 4. The lowest BCUT2D eigenvalue weighted by atomic mass is 9.95. The molecule has 2 aromatic carbocycles. The normalized spacial score (nSPS) is 11.4. The number of nitrogens with one attached hydrogen (secondary N) is 4. The van der Waals surface area contributed by atoms with Crippen molar-refractivity contribution < 1.29 is 4.79 Å². The molecule has 0 bridgehead atoms. The zero-order valence-corrected chi connectivity index (χ0v) is 19.9. The predicted molar refractivity (Wildman–Crippen MR) is 140 cm³/mol. The van der Waals surface area contributed by atoms with Crippen LogP contribution in [0.25, 0.3) is 11.1 Å². The van der Waals surface area contributed by atoms with Gasteiger partial charge in [0.1, 0.15) is 6.29 Å². The molecule has 0 amide bonds. The summed E-state index contributed by atoms with van der Waals surface area (Å²) in [6.45, 7) is 5.13. The lowest BCUT2D eigenvalue weighted by Gasteiger charge is -2.18. The maximum absolute atomic E-state index is 10.7. The minimum atomic E-state index is 0.329. The van der Waals surface area contributed by atoms with Crippen LogP contribution in [0, 0.1) is 35.5 Å². The number of anilines is 3. The Morgan fingerprint density at radius 1 is 1.15 bits per heavy atom. The van der Waals surface area contributed by atoms with E-state index >= 15 is 0 Å². The largest absolute Gasteiger partial charge is 0.386 e. The number of nitriles is 1. The number of hydrogen-bond acceptors (Lipinski definition) is 6. The molecule has 174 valence electrons. The van der Waals surface area contributed by atoms with Gasteiger partial charge in [0.2, 0.25) is 0 Å². The van der Waals surface area contributed by atoms with E-state index in [4.69, 9.17) is 10.7 Å². The molecule has 1 aliphatic rings. The van der Waals surface area contributed by atoms with Gasteiger partial charge in [-0.15, -0.1) is 12.8 Å². The van der Waals surface area contributed by atoms with E-state index < -0.39 is 0 Å². The lowest BCUT2D eigenvalue weighted by molar-refractivity contribution is -0.107. The van der Waals surface area contributed by atoms with Crippen LogP contribution in [0.3, 0.4) is 0 Å². The molecular formula is C27H35N5O. The van der Waals surface area contributed by atoms with E-state index in [0.717, 1.165) is 52.9 Å². The second kappa shape index (κ2) is 15.1. The second-order valence-electron chi connectivity index (χ2n) is 7.14. The zero-order valence-electron chi connectivity index (χ0n) is 19.9. The number of carbonyl (C=O) groups excluding carboxylic acids is 1. The first-order valence-corrected chi connectivity index (χ1v) is 11.3. The summed E-state index contributed by atoms with van der Waals surface area (Å²) in [4.78, 5) is 10.7. The van der Waals surface area contributed by atoms with Gasteiger partial charge in [0.05, 0.1) is 23.9 Å². The monoisotopic (exact) mass is 445 g/mol. The Morgan fingerprint density at radius 3 is 2.48 bits per heavy atom. The molecule has 0 aliphatic heterocycles. The summed E-state index contributed by atoms with van der Waals surface area (Å²) < 4.78 is 0. The van der Waals surface area contributed by atoms with Crippen LogP contribution in [0.15, 0.2) is 36.4 Å². The molecular weight excluding hydrogens is 410 g/mol. The van der Waals surface area contributed by atoms with Crippen molar-refractivity contribution in [2.24, 2.45) is 5.92 Å². The Balaban J connectivity index is 0.00000129. The first kappa shape index (κ1) is 27.3. The number of rotatable bonds is 11. The fraction of sp³-hybridized carbons (Fsp3) is 0.370. The highest BCUT2D eigenvalue weighted by molar-refractivity contribution is 6.07. The van der Waals surface area contributed by atoms with E-state index in [1.54, 1.807) is 0 Å². The first-order chi connectivity index (χ1) is 16.2. The van der Waals surface area contributed by atoms with E-state index in [-0.39, 0.29) is 0 Å². The summed E-state index contributed by atoms with van der Waals surface area (Å²) in [5.74, 6) is 0.329. The Hall–Kier alpha value is -3.77. The predicted octanol–water partition coefficient (Wildman–Crippen LogP) is 5.78. The van der Waals surface area contributed by atoms with Gasteiger partial charge in [-0.3, -0.25) is 0 Å². The van der Waals surface area contributed by atoms with Gasteiger partial charge >= 0.3 is 0 Å². The van der Waals surface area contributed by atoms with Crippen molar-refractivity contribution >= 4 is 29.1 Å². The van der Waals surface area contributed by atoms with Crippen LogP contribution in [-0.2, 0) is 4.79 Å². The van der Waals surface area contributed by atoms with Crippen LogP contribution >= 0.6 is 0 Å². The lowest BCUT2D eigenvalue weighted by Crippen LogP contribution is -2.10. The van der Waals surface area contributed by atoms with Gasteiger partial charge < -0.3 is 26.2 Å². The molecule has 1 aliphatic carbocycles. The van der Waals surface area contributed by atoms with Crippen LogP contribution in [0.1, 0.15) is 45.1 Å². The highest BCUT2D eigenvalue weighted by Gasteiger charge is 2.29. The first-order valence-electron chi connectivity index (χ1n) is 11.3. The quantitative estimate of drug-likeness (QED) is 0.152. The number of aldehydes is 1. The SMILES string of the molecule is C#C.CC.CNc1cccc(-c2ccc(NCCC#N)c(C(=N)C3CC3)c2)c1NCCC=O. The molecule has 0 radical (unpaired) electrons. The van der Waals surface area contributed by atoms with Gasteiger partial charge in [0, 0.05) is 55.0 Å². The van der Waals surface area contributed by atoms with E-state index in [9.17, 15) is 4.79 Å². The van der Waals surface area contributed by atoms with Crippen molar-refractivity contribution in [2.45, 2.75) is 39.5 Å². The maximum Gasteiger partial charge on any atom is 0.121 e. The highest BCUT2D eigenvalue weighted by atomic mass is 16.1. The second-order valence-corrected chi connectivity index (χ2v) is 7.14. The number of benzene rings is 2. The van der Waals surface area contributed by atoms with Crippen molar-refractivity contribution in [1.29, 1.82) is 10.7 Å². The molecule has 33 heavy (non-hydrogen) atoms. The average molecular weight is 446 g/mol. The van der Waals surface area contributed by atoms with Gasteiger partial charge in [-0.2, -0.15) is 5.26 Å². The highest BCUT2D eigenvalue weighted by Crippen LogP contribution is 2.39. The maximum atomic E-state index is 10.7. The Bertz CT molecular complexity index is 970. The molecule has 6 heteroatoms. The van der Waals surface area contributed by atoms with Crippen LogP contribution in [0.4, 0.5) is 17.1 Å². The summed E-state index contributed by atoms with van der Waals surface area (Å²) in [5, 5.41) is 27.3. The summed E-state index contributed by atoms with van der Waals surface area (Å²) in [7, 11) is 1.88. The summed E-state index contributed by atoms with van der Waals surface area (Å²) in [5.41, 5.74) is 6.41. The van der Waals surface area contributed by atoms with E-state index in [1.807, 2.05) is 51.2 Å². The molecule has 2 aromatic rings. The van der Waals surface area contributed by atoms with Crippen molar-refractivity contribution in [1.82, 2.24) is 0 Å². The molecule has 4 N–H and O–H groups in total. The van der Waals surface area contributed by atoms with Gasteiger partial charge in [-0.25, -0.2) is 0 Å². The third kappa shape index (κ3) is 7.70. The van der Waals surface area contributed by atoms with Crippen molar-refractivity contribution in [3.05, 3.63) is 42.0 Å². The van der Waals surface area contributed by atoms with Crippen LogP contribution in [0.2, 0.25) is 0 Å². The summed E-state index contributed by atoms with van der Waals surface area (Å²) in [6, 6.07) is 14.3. The Morgan fingerprint density at radius 2 is 1.88 bits per heavy atom. The Kier molecular flexibility index (Phi) is 12.5. The fourth-order valence-electron chi connectivity index (χ4n) is 3.38. The number of carbonyl (C=O) groups is 1.